The fourth-order valence-corrected chi connectivity index (χ4v) is 1.56. The highest BCUT2D eigenvalue weighted by atomic mass is 79.9. The maximum atomic E-state index is 13.2. The van der Waals surface area contributed by atoms with Gasteiger partial charge in [0.05, 0.1) is 10.0 Å². The molecule has 0 bridgehead atoms. The zero-order valence-corrected chi connectivity index (χ0v) is 8.49. The SMILES string of the molecule is CCc1c(F)c(Br)cc(C=O)c1F. The van der Waals surface area contributed by atoms with Gasteiger partial charge in [-0.1, -0.05) is 6.92 Å². The Morgan fingerprint density at radius 2 is 2.08 bits per heavy atom. The Hall–Kier alpha value is -0.770. The van der Waals surface area contributed by atoms with E-state index in [4.69, 9.17) is 0 Å². The quantitative estimate of drug-likeness (QED) is 0.581. The number of halogens is 3. The van der Waals surface area contributed by atoms with Gasteiger partial charge in [0.2, 0.25) is 0 Å². The molecule has 1 aromatic carbocycles. The van der Waals surface area contributed by atoms with Crippen LogP contribution in [0.2, 0.25) is 0 Å². The number of benzene rings is 1. The summed E-state index contributed by atoms with van der Waals surface area (Å²) < 4.78 is 26.5. The van der Waals surface area contributed by atoms with Crippen LogP contribution >= 0.6 is 15.9 Å². The Balaban J connectivity index is 3.47. The molecule has 4 heteroatoms. The molecule has 0 N–H and O–H groups in total. The molecule has 0 fully saturated rings. The van der Waals surface area contributed by atoms with E-state index in [-0.39, 0.29) is 22.0 Å². The van der Waals surface area contributed by atoms with Crippen molar-refractivity contribution in [1.82, 2.24) is 0 Å². The molecule has 0 aliphatic carbocycles. The van der Waals surface area contributed by atoms with Gasteiger partial charge in [0, 0.05) is 5.56 Å². The molecule has 70 valence electrons. The molecule has 1 nitrogen and oxygen atoms in total. The Morgan fingerprint density at radius 3 is 2.54 bits per heavy atom. The molecular formula is C9H7BrF2O. The van der Waals surface area contributed by atoms with Gasteiger partial charge in [-0.15, -0.1) is 0 Å². The summed E-state index contributed by atoms with van der Waals surface area (Å²) in [4.78, 5) is 10.4. The lowest BCUT2D eigenvalue weighted by Gasteiger charge is -2.05. The van der Waals surface area contributed by atoms with E-state index >= 15 is 0 Å². The number of rotatable bonds is 2. The average molecular weight is 249 g/mol. The first-order valence-corrected chi connectivity index (χ1v) is 4.52. The van der Waals surface area contributed by atoms with Crippen molar-refractivity contribution in [2.24, 2.45) is 0 Å². The molecule has 0 aromatic heterocycles. The van der Waals surface area contributed by atoms with Crippen LogP contribution in [-0.2, 0) is 6.42 Å². The first-order valence-electron chi connectivity index (χ1n) is 3.73. The van der Waals surface area contributed by atoms with Crippen molar-refractivity contribution in [3.05, 3.63) is 33.3 Å². The Labute approximate surface area is 82.9 Å². The number of carbonyl (C=O) groups is 1. The van der Waals surface area contributed by atoms with Gasteiger partial charge in [0.15, 0.2) is 6.29 Å². The molecular weight excluding hydrogens is 242 g/mol. The van der Waals surface area contributed by atoms with E-state index in [2.05, 4.69) is 15.9 Å². The standard InChI is InChI=1S/C9H7BrF2O/c1-2-6-8(11)5(4-13)3-7(10)9(6)12/h3-4H,2H2,1H3. The summed E-state index contributed by atoms with van der Waals surface area (Å²) in [6, 6.07) is 1.14. The van der Waals surface area contributed by atoms with Crippen LogP contribution in [0.15, 0.2) is 10.5 Å². The summed E-state index contributed by atoms with van der Waals surface area (Å²) >= 11 is 2.91. The Kier molecular flexibility index (Phi) is 3.14. The molecule has 0 radical (unpaired) electrons. The minimum Gasteiger partial charge on any atom is -0.298 e. The monoisotopic (exact) mass is 248 g/mol. The van der Waals surface area contributed by atoms with Gasteiger partial charge >= 0.3 is 0 Å². The molecule has 0 aliphatic heterocycles. The predicted molar refractivity (Wildman–Crippen MR) is 48.8 cm³/mol. The maximum absolute atomic E-state index is 13.2. The topological polar surface area (TPSA) is 17.1 Å². The molecule has 0 aliphatic rings. The third-order valence-electron chi connectivity index (χ3n) is 1.76. The molecule has 1 aromatic rings. The molecule has 0 atom stereocenters. The van der Waals surface area contributed by atoms with Crippen LogP contribution in [0.5, 0.6) is 0 Å². The van der Waals surface area contributed by atoms with Crippen molar-refractivity contribution in [3.63, 3.8) is 0 Å². The van der Waals surface area contributed by atoms with Gasteiger partial charge in [0.1, 0.15) is 11.6 Å². The molecule has 0 amide bonds. The third kappa shape index (κ3) is 1.77. The molecule has 0 heterocycles. The van der Waals surface area contributed by atoms with Crippen LogP contribution in [-0.4, -0.2) is 6.29 Å². The smallest absolute Gasteiger partial charge is 0.153 e. The van der Waals surface area contributed by atoms with Gasteiger partial charge in [-0.3, -0.25) is 4.79 Å². The van der Waals surface area contributed by atoms with E-state index in [1.165, 1.54) is 0 Å². The summed E-state index contributed by atoms with van der Waals surface area (Å²) in [6.45, 7) is 1.63. The van der Waals surface area contributed by atoms with Gasteiger partial charge in [-0.2, -0.15) is 0 Å². The van der Waals surface area contributed by atoms with Crippen LogP contribution in [0, 0.1) is 11.6 Å². The van der Waals surface area contributed by atoms with E-state index in [1.807, 2.05) is 0 Å². The van der Waals surface area contributed by atoms with Crippen LogP contribution in [0.25, 0.3) is 0 Å². The second-order valence-corrected chi connectivity index (χ2v) is 3.38. The van der Waals surface area contributed by atoms with Gasteiger partial charge in [-0.25, -0.2) is 8.78 Å². The third-order valence-corrected chi connectivity index (χ3v) is 2.33. The number of carbonyl (C=O) groups excluding carboxylic acids is 1. The second kappa shape index (κ2) is 3.96. The van der Waals surface area contributed by atoms with Crippen LogP contribution < -0.4 is 0 Å². The predicted octanol–water partition coefficient (Wildman–Crippen LogP) is 3.10. The first kappa shape index (κ1) is 10.3. The summed E-state index contributed by atoms with van der Waals surface area (Å²) in [5.74, 6) is -1.40. The minimum absolute atomic E-state index is 0.0588. The molecule has 0 unspecified atom stereocenters. The highest BCUT2D eigenvalue weighted by Gasteiger charge is 2.14. The van der Waals surface area contributed by atoms with Crippen molar-refractivity contribution in [2.45, 2.75) is 13.3 Å². The van der Waals surface area contributed by atoms with E-state index in [0.717, 1.165) is 6.07 Å². The number of hydrogen-bond donors (Lipinski definition) is 0. The lowest BCUT2D eigenvalue weighted by molar-refractivity contribution is 0.111. The normalized spacial score (nSPS) is 10.2. The van der Waals surface area contributed by atoms with Crippen molar-refractivity contribution in [1.29, 1.82) is 0 Å². The van der Waals surface area contributed by atoms with Crippen molar-refractivity contribution in [2.75, 3.05) is 0 Å². The molecule has 0 saturated heterocycles. The van der Waals surface area contributed by atoms with E-state index in [1.54, 1.807) is 6.92 Å². The van der Waals surface area contributed by atoms with Gasteiger partial charge < -0.3 is 0 Å². The van der Waals surface area contributed by atoms with Crippen molar-refractivity contribution < 1.29 is 13.6 Å². The second-order valence-electron chi connectivity index (χ2n) is 2.53. The molecule has 13 heavy (non-hydrogen) atoms. The highest BCUT2D eigenvalue weighted by Crippen LogP contribution is 2.24. The largest absolute Gasteiger partial charge is 0.298 e. The average Bonchev–Trinajstić information content (AvgIpc) is 2.12. The molecule has 0 spiro atoms. The minimum atomic E-state index is -0.766. The van der Waals surface area contributed by atoms with E-state index < -0.39 is 11.6 Å². The van der Waals surface area contributed by atoms with Crippen LogP contribution in [0.4, 0.5) is 8.78 Å². The maximum Gasteiger partial charge on any atom is 0.153 e. The van der Waals surface area contributed by atoms with E-state index in [9.17, 15) is 13.6 Å². The molecule has 0 saturated carbocycles. The highest BCUT2D eigenvalue weighted by molar-refractivity contribution is 9.10. The van der Waals surface area contributed by atoms with Gasteiger partial charge in [0.25, 0.3) is 0 Å². The zero-order chi connectivity index (χ0) is 10.0. The first-order chi connectivity index (χ1) is 6.11. The number of aldehydes is 1. The fourth-order valence-electron chi connectivity index (χ4n) is 1.07. The van der Waals surface area contributed by atoms with Crippen LogP contribution in [0.3, 0.4) is 0 Å². The summed E-state index contributed by atoms with van der Waals surface area (Å²) in [5, 5.41) is 0. The van der Waals surface area contributed by atoms with E-state index in [0.29, 0.717) is 6.29 Å². The zero-order valence-electron chi connectivity index (χ0n) is 6.90. The number of hydrogen-bond acceptors (Lipinski definition) is 1. The summed E-state index contributed by atoms with van der Waals surface area (Å²) in [5.41, 5.74) is -0.179. The Bertz CT molecular complexity index is 350. The Morgan fingerprint density at radius 1 is 1.46 bits per heavy atom. The lowest BCUT2D eigenvalue weighted by Crippen LogP contribution is -1.99. The summed E-state index contributed by atoms with van der Waals surface area (Å²) in [6.07, 6.45) is 0.594. The molecule has 1 rings (SSSR count). The van der Waals surface area contributed by atoms with Crippen molar-refractivity contribution >= 4 is 22.2 Å². The van der Waals surface area contributed by atoms with Gasteiger partial charge in [-0.05, 0) is 28.4 Å². The lowest BCUT2D eigenvalue weighted by atomic mass is 10.1. The summed E-state index contributed by atoms with van der Waals surface area (Å²) in [7, 11) is 0. The van der Waals surface area contributed by atoms with Crippen molar-refractivity contribution in [3.8, 4) is 0 Å². The van der Waals surface area contributed by atoms with Crippen LogP contribution in [0.1, 0.15) is 22.8 Å². The fraction of sp³-hybridized carbons (Fsp3) is 0.222.